The van der Waals surface area contributed by atoms with E-state index in [1.165, 1.54) is 11.3 Å². The van der Waals surface area contributed by atoms with Crippen LogP contribution in [0.4, 0.5) is 0 Å². The van der Waals surface area contributed by atoms with Gasteiger partial charge in [-0.05, 0) is 24.3 Å². The van der Waals surface area contributed by atoms with Gasteiger partial charge < -0.3 is 10.4 Å². The second-order valence-electron chi connectivity index (χ2n) is 3.98. The first kappa shape index (κ1) is 10.6. The minimum Gasteiger partial charge on any atom is -0.393 e. The summed E-state index contributed by atoms with van der Waals surface area (Å²) >= 11 is 1.52. The molecule has 3 nitrogen and oxygen atoms in total. The van der Waals surface area contributed by atoms with Crippen molar-refractivity contribution >= 4 is 17.2 Å². The van der Waals surface area contributed by atoms with Gasteiger partial charge in [0.2, 0.25) is 0 Å². The molecule has 2 N–H and O–H groups in total. The highest BCUT2D eigenvalue weighted by molar-refractivity contribution is 7.08. The summed E-state index contributed by atoms with van der Waals surface area (Å²) in [5, 5.41) is 16.2. The maximum absolute atomic E-state index is 11.6. The normalized spacial score (nSPS) is 25.4. The number of aliphatic hydroxyl groups excluding tert-OH is 1. The predicted molar refractivity (Wildman–Crippen MR) is 60.0 cm³/mol. The number of thiophene rings is 1. The average Bonchev–Trinajstić information content (AvgIpc) is 2.85. The van der Waals surface area contributed by atoms with Crippen LogP contribution in [-0.4, -0.2) is 23.7 Å². The fraction of sp³-hybridized carbons (Fsp3) is 0.545. The molecule has 1 fully saturated rings. The Hall–Kier alpha value is -0.870. The van der Waals surface area contributed by atoms with Crippen molar-refractivity contribution in [2.45, 2.75) is 25.4 Å². The molecule has 1 aliphatic rings. The molecule has 4 heteroatoms. The second kappa shape index (κ2) is 4.77. The summed E-state index contributed by atoms with van der Waals surface area (Å²) in [6.45, 7) is 0.593. The van der Waals surface area contributed by atoms with E-state index in [0.717, 1.165) is 19.3 Å². The number of carbonyl (C=O) groups excluding carboxylic acids is 1. The summed E-state index contributed by atoms with van der Waals surface area (Å²) < 4.78 is 0. The quantitative estimate of drug-likeness (QED) is 0.821. The van der Waals surface area contributed by atoms with Crippen molar-refractivity contribution in [1.29, 1.82) is 0 Å². The van der Waals surface area contributed by atoms with Crippen LogP contribution in [-0.2, 0) is 0 Å². The van der Waals surface area contributed by atoms with Crippen LogP contribution < -0.4 is 5.32 Å². The third-order valence-electron chi connectivity index (χ3n) is 2.93. The summed E-state index contributed by atoms with van der Waals surface area (Å²) in [7, 11) is 0. The van der Waals surface area contributed by atoms with E-state index in [9.17, 15) is 9.90 Å². The Kier molecular flexibility index (Phi) is 3.38. The molecule has 0 aromatic carbocycles. The molecular formula is C11H15NO2S. The van der Waals surface area contributed by atoms with Crippen LogP contribution in [0, 0.1) is 5.92 Å². The molecule has 0 saturated heterocycles. The Bertz CT molecular complexity index is 323. The van der Waals surface area contributed by atoms with Crippen LogP contribution in [0.25, 0.3) is 0 Å². The van der Waals surface area contributed by atoms with Gasteiger partial charge in [-0.1, -0.05) is 6.42 Å². The van der Waals surface area contributed by atoms with E-state index in [4.69, 9.17) is 0 Å². The fourth-order valence-corrected chi connectivity index (χ4v) is 2.61. The first-order chi connectivity index (χ1) is 7.27. The lowest BCUT2D eigenvalue weighted by atomic mass is 10.1. The lowest BCUT2D eigenvalue weighted by Crippen LogP contribution is -2.32. The number of carbonyl (C=O) groups is 1. The van der Waals surface area contributed by atoms with Gasteiger partial charge in [-0.3, -0.25) is 4.79 Å². The number of hydrogen-bond donors (Lipinski definition) is 2. The van der Waals surface area contributed by atoms with Crippen molar-refractivity contribution in [2.24, 2.45) is 5.92 Å². The van der Waals surface area contributed by atoms with Crippen molar-refractivity contribution in [1.82, 2.24) is 5.32 Å². The summed E-state index contributed by atoms with van der Waals surface area (Å²) in [6.07, 6.45) is 2.73. The van der Waals surface area contributed by atoms with E-state index in [1.54, 1.807) is 0 Å². The zero-order valence-electron chi connectivity index (χ0n) is 8.48. The van der Waals surface area contributed by atoms with Crippen LogP contribution in [0.5, 0.6) is 0 Å². The molecule has 1 aromatic rings. The SMILES string of the molecule is O=C(NCC1CCCC1O)c1ccsc1. The number of amides is 1. The monoisotopic (exact) mass is 225 g/mol. The minimum atomic E-state index is -0.229. The molecule has 0 radical (unpaired) electrons. The molecule has 1 saturated carbocycles. The first-order valence-corrected chi connectivity index (χ1v) is 6.20. The molecule has 1 aromatic heterocycles. The van der Waals surface area contributed by atoms with E-state index in [0.29, 0.717) is 12.1 Å². The van der Waals surface area contributed by atoms with Crippen molar-refractivity contribution < 1.29 is 9.90 Å². The maximum atomic E-state index is 11.6. The zero-order chi connectivity index (χ0) is 10.7. The highest BCUT2D eigenvalue weighted by Gasteiger charge is 2.25. The molecule has 2 unspecified atom stereocenters. The largest absolute Gasteiger partial charge is 0.393 e. The number of nitrogens with one attached hydrogen (secondary N) is 1. The third-order valence-corrected chi connectivity index (χ3v) is 3.61. The molecule has 0 spiro atoms. The number of aliphatic hydroxyl groups is 1. The lowest BCUT2D eigenvalue weighted by molar-refractivity contribution is 0.0917. The van der Waals surface area contributed by atoms with E-state index in [1.807, 2.05) is 16.8 Å². The van der Waals surface area contributed by atoms with Gasteiger partial charge in [0.25, 0.3) is 5.91 Å². The molecule has 0 aliphatic heterocycles. The number of rotatable bonds is 3. The summed E-state index contributed by atoms with van der Waals surface area (Å²) in [6, 6.07) is 1.81. The molecule has 15 heavy (non-hydrogen) atoms. The molecule has 2 rings (SSSR count). The first-order valence-electron chi connectivity index (χ1n) is 5.26. The van der Waals surface area contributed by atoms with Crippen molar-refractivity contribution in [3.63, 3.8) is 0 Å². The van der Waals surface area contributed by atoms with Crippen molar-refractivity contribution in [2.75, 3.05) is 6.54 Å². The fourth-order valence-electron chi connectivity index (χ4n) is 1.97. The topological polar surface area (TPSA) is 49.3 Å². The van der Waals surface area contributed by atoms with Gasteiger partial charge in [0.1, 0.15) is 0 Å². The van der Waals surface area contributed by atoms with Crippen LogP contribution >= 0.6 is 11.3 Å². The summed E-state index contributed by atoms with van der Waals surface area (Å²) in [5.41, 5.74) is 0.715. The van der Waals surface area contributed by atoms with E-state index in [2.05, 4.69) is 5.32 Å². The third kappa shape index (κ3) is 2.58. The van der Waals surface area contributed by atoms with Crippen LogP contribution in [0.1, 0.15) is 29.6 Å². The van der Waals surface area contributed by atoms with Gasteiger partial charge in [-0.25, -0.2) is 0 Å². The number of hydrogen-bond acceptors (Lipinski definition) is 3. The molecule has 82 valence electrons. The molecular weight excluding hydrogens is 210 g/mol. The standard InChI is InChI=1S/C11H15NO2S/c13-10-3-1-2-8(10)6-12-11(14)9-4-5-15-7-9/h4-5,7-8,10,13H,1-3,6H2,(H,12,14). The summed E-state index contributed by atoms with van der Waals surface area (Å²) in [5.74, 6) is 0.211. The smallest absolute Gasteiger partial charge is 0.252 e. The van der Waals surface area contributed by atoms with Gasteiger partial charge in [0.05, 0.1) is 6.10 Å². The van der Waals surface area contributed by atoms with Crippen LogP contribution in [0.3, 0.4) is 0 Å². The van der Waals surface area contributed by atoms with Gasteiger partial charge in [0, 0.05) is 23.4 Å². The Morgan fingerprint density at radius 1 is 1.60 bits per heavy atom. The van der Waals surface area contributed by atoms with Crippen LogP contribution in [0.15, 0.2) is 16.8 Å². The Balaban J connectivity index is 1.81. The Morgan fingerprint density at radius 2 is 2.47 bits per heavy atom. The highest BCUT2D eigenvalue weighted by atomic mass is 32.1. The van der Waals surface area contributed by atoms with Crippen molar-refractivity contribution in [3.8, 4) is 0 Å². The maximum Gasteiger partial charge on any atom is 0.252 e. The van der Waals surface area contributed by atoms with Gasteiger partial charge in [0.15, 0.2) is 0 Å². The van der Waals surface area contributed by atoms with Gasteiger partial charge in [-0.2, -0.15) is 11.3 Å². The van der Waals surface area contributed by atoms with Crippen LogP contribution in [0.2, 0.25) is 0 Å². The lowest BCUT2D eigenvalue weighted by Gasteiger charge is -2.14. The molecule has 1 amide bonds. The van der Waals surface area contributed by atoms with E-state index < -0.39 is 0 Å². The molecule has 0 bridgehead atoms. The molecule has 2 atom stereocenters. The van der Waals surface area contributed by atoms with Gasteiger partial charge in [-0.15, -0.1) is 0 Å². The Morgan fingerprint density at radius 3 is 3.07 bits per heavy atom. The average molecular weight is 225 g/mol. The zero-order valence-corrected chi connectivity index (χ0v) is 9.30. The van der Waals surface area contributed by atoms with E-state index >= 15 is 0 Å². The minimum absolute atomic E-state index is 0.0321. The van der Waals surface area contributed by atoms with Crippen molar-refractivity contribution in [3.05, 3.63) is 22.4 Å². The van der Waals surface area contributed by atoms with Gasteiger partial charge >= 0.3 is 0 Å². The molecule has 1 heterocycles. The summed E-state index contributed by atoms with van der Waals surface area (Å²) in [4.78, 5) is 11.6. The predicted octanol–water partition coefficient (Wildman–Crippen LogP) is 1.64. The molecule has 1 aliphatic carbocycles. The second-order valence-corrected chi connectivity index (χ2v) is 4.76. The highest BCUT2D eigenvalue weighted by Crippen LogP contribution is 2.24. The van der Waals surface area contributed by atoms with E-state index in [-0.39, 0.29) is 17.9 Å². The Labute approximate surface area is 93.1 Å².